The zero-order valence-electron chi connectivity index (χ0n) is 16.1. The van der Waals surface area contributed by atoms with Crippen molar-refractivity contribution in [2.24, 2.45) is 0 Å². The van der Waals surface area contributed by atoms with E-state index in [9.17, 15) is 4.79 Å². The summed E-state index contributed by atoms with van der Waals surface area (Å²) in [5.74, 6) is -0.0232. The number of ketones is 1. The fourth-order valence-corrected chi connectivity index (χ4v) is 3.24. The first-order valence-corrected chi connectivity index (χ1v) is 9.75. The van der Waals surface area contributed by atoms with Crippen molar-refractivity contribution in [3.05, 3.63) is 83.9 Å². The Kier molecular flexibility index (Phi) is 8.08. The van der Waals surface area contributed by atoms with E-state index in [0.717, 1.165) is 12.8 Å². The van der Waals surface area contributed by atoms with Crippen LogP contribution < -0.4 is 0 Å². The standard InChI is InChI=1S/C25H30O/c1-4-7-14-23(20-12-10-9-11-13-20)24(15-8-5-2)21-16-18-22(19-17-21)25(26)6-3/h6,9-13,16-19H,3-5,7-8,14-15H2,1-2H3. The van der Waals surface area contributed by atoms with Crippen LogP contribution in [0.1, 0.15) is 73.9 Å². The highest BCUT2D eigenvalue weighted by Crippen LogP contribution is 2.34. The molecule has 0 aliphatic heterocycles. The van der Waals surface area contributed by atoms with Crippen LogP contribution in [0, 0.1) is 0 Å². The molecule has 0 aromatic heterocycles. The molecule has 0 heterocycles. The lowest BCUT2D eigenvalue weighted by Crippen LogP contribution is -1.97. The van der Waals surface area contributed by atoms with Gasteiger partial charge in [-0.25, -0.2) is 0 Å². The molecule has 0 aliphatic carbocycles. The predicted molar refractivity (Wildman–Crippen MR) is 113 cm³/mol. The molecule has 0 radical (unpaired) electrons. The second kappa shape index (κ2) is 10.6. The molecule has 26 heavy (non-hydrogen) atoms. The van der Waals surface area contributed by atoms with Crippen molar-refractivity contribution in [2.75, 3.05) is 0 Å². The first kappa shape index (κ1) is 19.9. The van der Waals surface area contributed by atoms with Gasteiger partial charge in [0.1, 0.15) is 0 Å². The summed E-state index contributed by atoms with van der Waals surface area (Å²) < 4.78 is 0. The molecule has 0 bridgehead atoms. The van der Waals surface area contributed by atoms with E-state index in [1.165, 1.54) is 54.0 Å². The molecule has 2 aromatic carbocycles. The summed E-state index contributed by atoms with van der Waals surface area (Å²) in [4.78, 5) is 11.8. The minimum Gasteiger partial charge on any atom is -0.289 e. The second-order valence-corrected chi connectivity index (χ2v) is 6.68. The Morgan fingerprint density at radius 2 is 1.23 bits per heavy atom. The second-order valence-electron chi connectivity index (χ2n) is 6.68. The van der Waals surface area contributed by atoms with Crippen LogP contribution in [0.2, 0.25) is 0 Å². The van der Waals surface area contributed by atoms with Crippen LogP contribution in [-0.2, 0) is 0 Å². The number of allylic oxidation sites excluding steroid dienone is 3. The Labute approximate surface area is 158 Å². The quantitative estimate of drug-likeness (QED) is 0.250. The molecule has 0 spiro atoms. The summed E-state index contributed by atoms with van der Waals surface area (Å²) in [6.07, 6.45) is 8.25. The molecule has 1 nitrogen and oxygen atoms in total. The number of carbonyl (C=O) groups excluding carboxylic acids is 1. The molecule has 0 N–H and O–H groups in total. The van der Waals surface area contributed by atoms with Crippen LogP contribution in [0.5, 0.6) is 0 Å². The molecule has 0 aliphatic rings. The molecular weight excluding hydrogens is 316 g/mol. The molecule has 0 saturated carbocycles. The predicted octanol–water partition coefficient (Wildman–Crippen LogP) is 7.35. The van der Waals surface area contributed by atoms with Crippen molar-refractivity contribution >= 4 is 16.9 Å². The number of rotatable bonds is 10. The number of hydrogen-bond donors (Lipinski definition) is 0. The van der Waals surface area contributed by atoms with Gasteiger partial charge in [-0.05, 0) is 54.0 Å². The lowest BCUT2D eigenvalue weighted by molar-refractivity contribution is 0.104. The van der Waals surface area contributed by atoms with Gasteiger partial charge in [0.05, 0.1) is 0 Å². The molecule has 0 amide bonds. The van der Waals surface area contributed by atoms with Crippen LogP contribution in [0.25, 0.3) is 11.1 Å². The first-order chi connectivity index (χ1) is 12.7. The van der Waals surface area contributed by atoms with Gasteiger partial charge in [-0.15, -0.1) is 0 Å². The van der Waals surface area contributed by atoms with E-state index in [1.54, 1.807) is 0 Å². The number of benzene rings is 2. The molecule has 2 aromatic rings. The molecule has 0 unspecified atom stereocenters. The Morgan fingerprint density at radius 1 is 0.769 bits per heavy atom. The largest absolute Gasteiger partial charge is 0.289 e. The average molecular weight is 347 g/mol. The highest BCUT2D eigenvalue weighted by molar-refractivity contribution is 6.04. The van der Waals surface area contributed by atoms with Gasteiger partial charge in [0.25, 0.3) is 0 Å². The van der Waals surface area contributed by atoms with Crippen molar-refractivity contribution in [3.8, 4) is 0 Å². The normalized spacial score (nSPS) is 11.8. The van der Waals surface area contributed by atoms with E-state index in [-0.39, 0.29) is 5.78 Å². The van der Waals surface area contributed by atoms with Crippen molar-refractivity contribution in [3.63, 3.8) is 0 Å². The van der Waals surface area contributed by atoms with Crippen LogP contribution >= 0.6 is 0 Å². The molecule has 0 saturated heterocycles. The van der Waals surface area contributed by atoms with E-state index >= 15 is 0 Å². The van der Waals surface area contributed by atoms with E-state index in [2.05, 4.69) is 62.9 Å². The SMILES string of the molecule is C=CC(=O)c1ccc(C(CCCC)=C(CCCC)c2ccccc2)cc1. The van der Waals surface area contributed by atoms with Crippen LogP contribution in [-0.4, -0.2) is 5.78 Å². The van der Waals surface area contributed by atoms with Gasteiger partial charge >= 0.3 is 0 Å². The molecule has 2 rings (SSSR count). The number of carbonyl (C=O) groups is 1. The molecule has 1 heteroatoms. The maximum Gasteiger partial charge on any atom is 0.185 e. The van der Waals surface area contributed by atoms with Gasteiger partial charge in [-0.1, -0.05) is 87.9 Å². The average Bonchev–Trinajstić information content (AvgIpc) is 2.70. The van der Waals surface area contributed by atoms with Gasteiger partial charge < -0.3 is 0 Å². The fraction of sp³-hybridized carbons (Fsp3) is 0.320. The van der Waals surface area contributed by atoms with Crippen LogP contribution in [0.15, 0.2) is 67.3 Å². The molecule has 136 valence electrons. The van der Waals surface area contributed by atoms with Gasteiger partial charge in [-0.2, -0.15) is 0 Å². The smallest absolute Gasteiger partial charge is 0.185 e. The third kappa shape index (κ3) is 5.29. The molecule has 0 fully saturated rings. The van der Waals surface area contributed by atoms with Crippen molar-refractivity contribution in [1.82, 2.24) is 0 Å². The first-order valence-electron chi connectivity index (χ1n) is 9.75. The van der Waals surface area contributed by atoms with Gasteiger partial charge in [-0.3, -0.25) is 4.79 Å². The maximum atomic E-state index is 11.8. The van der Waals surface area contributed by atoms with E-state index < -0.39 is 0 Å². The molecular formula is C25H30O. The summed E-state index contributed by atoms with van der Waals surface area (Å²) >= 11 is 0. The van der Waals surface area contributed by atoms with Crippen molar-refractivity contribution in [1.29, 1.82) is 0 Å². The highest BCUT2D eigenvalue weighted by Gasteiger charge is 2.12. The van der Waals surface area contributed by atoms with E-state index in [0.29, 0.717) is 5.56 Å². The third-order valence-electron chi connectivity index (χ3n) is 4.75. The monoisotopic (exact) mass is 346 g/mol. The van der Waals surface area contributed by atoms with Crippen molar-refractivity contribution < 1.29 is 4.79 Å². The highest BCUT2D eigenvalue weighted by atomic mass is 16.1. The topological polar surface area (TPSA) is 17.1 Å². The third-order valence-corrected chi connectivity index (χ3v) is 4.75. The van der Waals surface area contributed by atoms with Gasteiger partial charge in [0, 0.05) is 5.56 Å². The van der Waals surface area contributed by atoms with Crippen LogP contribution in [0.4, 0.5) is 0 Å². The lowest BCUT2D eigenvalue weighted by atomic mass is 9.88. The Hall–Kier alpha value is -2.41. The zero-order valence-corrected chi connectivity index (χ0v) is 16.1. The lowest BCUT2D eigenvalue weighted by Gasteiger charge is -2.17. The minimum atomic E-state index is -0.0232. The summed E-state index contributed by atoms with van der Waals surface area (Å²) in [6.45, 7) is 8.05. The minimum absolute atomic E-state index is 0.0232. The Morgan fingerprint density at radius 3 is 1.69 bits per heavy atom. The summed E-state index contributed by atoms with van der Waals surface area (Å²) in [5, 5.41) is 0. The summed E-state index contributed by atoms with van der Waals surface area (Å²) in [7, 11) is 0. The van der Waals surface area contributed by atoms with E-state index in [4.69, 9.17) is 0 Å². The van der Waals surface area contributed by atoms with E-state index in [1.807, 2.05) is 12.1 Å². The summed E-state index contributed by atoms with van der Waals surface area (Å²) in [6, 6.07) is 18.8. The number of unbranched alkanes of at least 4 members (excludes halogenated alkanes) is 2. The fourth-order valence-electron chi connectivity index (χ4n) is 3.24. The van der Waals surface area contributed by atoms with Gasteiger partial charge in [0.15, 0.2) is 5.78 Å². The van der Waals surface area contributed by atoms with Crippen molar-refractivity contribution in [2.45, 2.75) is 52.4 Å². The van der Waals surface area contributed by atoms with Crippen LogP contribution in [0.3, 0.4) is 0 Å². The Balaban J connectivity index is 2.51. The number of hydrogen-bond acceptors (Lipinski definition) is 1. The zero-order chi connectivity index (χ0) is 18.8. The maximum absolute atomic E-state index is 11.8. The molecule has 0 atom stereocenters. The summed E-state index contributed by atoms with van der Waals surface area (Å²) in [5.41, 5.74) is 6.12. The Bertz CT molecular complexity index is 735. The van der Waals surface area contributed by atoms with Gasteiger partial charge in [0.2, 0.25) is 0 Å².